The van der Waals surface area contributed by atoms with E-state index in [0.29, 0.717) is 6.04 Å². The number of nitrogens with zero attached hydrogens (tertiary/aromatic N) is 1. The van der Waals surface area contributed by atoms with Crippen molar-refractivity contribution >= 4 is 17.0 Å². The van der Waals surface area contributed by atoms with Crippen LogP contribution in [0.25, 0.3) is 10.9 Å². The summed E-state index contributed by atoms with van der Waals surface area (Å²) in [5.41, 5.74) is 1.77. The van der Waals surface area contributed by atoms with Gasteiger partial charge in [-0.05, 0) is 51.0 Å². The number of nitrogens with one attached hydrogen (secondary N) is 2. The average Bonchev–Trinajstić information content (AvgIpc) is 3.20. The van der Waals surface area contributed by atoms with Crippen LogP contribution in [-0.2, 0) is 11.3 Å². The molecule has 1 fully saturated rings. The van der Waals surface area contributed by atoms with Crippen LogP contribution in [0.2, 0.25) is 0 Å². The van der Waals surface area contributed by atoms with Crippen molar-refractivity contribution in [1.29, 1.82) is 0 Å². The number of alkyl carbamates (subject to hydrolysis) is 1. The van der Waals surface area contributed by atoms with Gasteiger partial charge in [-0.3, -0.25) is 4.98 Å². The molecule has 2 atom stereocenters. The highest BCUT2D eigenvalue weighted by atomic mass is 16.6. The summed E-state index contributed by atoms with van der Waals surface area (Å²) in [5, 5.41) is 7.50. The largest absolute Gasteiger partial charge is 0.444 e. The number of benzene rings is 1. The number of hydrogen-bond donors (Lipinski definition) is 2. The highest BCUT2D eigenvalue weighted by Gasteiger charge is 2.38. The Hall–Kier alpha value is -2.14. The number of carbonyl (C=O) groups is 1. The normalized spacial score (nSPS) is 20.3. The molecule has 122 valence electrons. The van der Waals surface area contributed by atoms with Gasteiger partial charge in [0, 0.05) is 30.2 Å². The topological polar surface area (TPSA) is 63.2 Å². The number of pyridine rings is 1. The van der Waals surface area contributed by atoms with Gasteiger partial charge in [-0.1, -0.05) is 12.1 Å². The first-order valence-corrected chi connectivity index (χ1v) is 7.97. The van der Waals surface area contributed by atoms with E-state index in [4.69, 9.17) is 4.74 Å². The molecule has 0 bridgehead atoms. The summed E-state index contributed by atoms with van der Waals surface area (Å²) in [4.78, 5) is 16.0. The molecule has 2 unspecified atom stereocenters. The van der Waals surface area contributed by atoms with Crippen LogP contribution in [0.3, 0.4) is 0 Å². The summed E-state index contributed by atoms with van der Waals surface area (Å²) in [6.07, 6.45) is 2.40. The zero-order valence-electron chi connectivity index (χ0n) is 13.8. The second-order valence-electron chi connectivity index (χ2n) is 7.01. The van der Waals surface area contributed by atoms with Crippen LogP contribution in [0.1, 0.15) is 32.8 Å². The van der Waals surface area contributed by atoms with E-state index < -0.39 is 5.60 Å². The van der Waals surface area contributed by atoms with Crippen molar-refractivity contribution in [3.05, 3.63) is 42.1 Å². The van der Waals surface area contributed by atoms with Crippen molar-refractivity contribution in [2.75, 3.05) is 0 Å². The van der Waals surface area contributed by atoms with Gasteiger partial charge in [0.25, 0.3) is 0 Å². The van der Waals surface area contributed by atoms with Crippen LogP contribution in [0.4, 0.5) is 4.79 Å². The van der Waals surface area contributed by atoms with Crippen LogP contribution in [0.15, 0.2) is 36.5 Å². The Kier molecular flexibility index (Phi) is 4.22. The van der Waals surface area contributed by atoms with Crippen molar-refractivity contribution in [1.82, 2.24) is 15.6 Å². The van der Waals surface area contributed by atoms with E-state index in [1.165, 1.54) is 5.56 Å². The maximum atomic E-state index is 11.7. The number of fused-ring (bicyclic) bond motifs is 1. The molecule has 2 N–H and O–H groups in total. The molecule has 1 heterocycles. The molecule has 23 heavy (non-hydrogen) atoms. The van der Waals surface area contributed by atoms with E-state index in [-0.39, 0.29) is 12.1 Å². The Morgan fingerprint density at radius 1 is 1.30 bits per heavy atom. The zero-order valence-corrected chi connectivity index (χ0v) is 13.8. The van der Waals surface area contributed by atoms with Crippen LogP contribution in [-0.4, -0.2) is 28.8 Å². The third-order valence-electron chi connectivity index (χ3n) is 3.73. The van der Waals surface area contributed by atoms with E-state index >= 15 is 0 Å². The summed E-state index contributed by atoms with van der Waals surface area (Å²) in [6, 6.07) is 10.8. The van der Waals surface area contributed by atoms with Crippen LogP contribution < -0.4 is 10.6 Å². The van der Waals surface area contributed by atoms with E-state index in [1.807, 2.05) is 32.9 Å². The molecule has 0 aliphatic heterocycles. The van der Waals surface area contributed by atoms with Crippen molar-refractivity contribution in [3.63, 3.8) is 0 Å². The molecule has 5 nitrogen and oxygen atoms in total. The monoisotopic (exact) mass is 313 g/mol. The minimum atomic E-state index is -0.457. The molecule has 0 radical (unpaired) electrons. The smallest absolute Gasteiger partial charge is 0.407 e. The van der Waals surface area contributed by atoms with Crippen molar-refractivity contribution in [2.24, 2.45) is 0 Å². The molecule has 1 amide bonds. The van der Waals surface area contributed by atoms with Crippen LogP contribution in [0.5, 0.6) is 0 Å². The first-order chi connectivity index (χ1) is 10.9. The standard InChI is InChI=1S/C18H23N3O2/c1-18(2,3)23-17(22)21-16-10-15(16)20-11-12-6-7-14-13(9-12)5-4-8-19-14/h4-9,15-16,20H,10-11H2,1-3H3,(H,21,22). The molecule has 1 aliphatic rings. The number of ether oxygens (including phenoxy) is 1. The van der Waals surface area contributed by atoms with Gasteiger partial charge >= 0.3 is 6.09 Å². The van der Waals surface area contributed by atoms with Crippen molar-refractivity contribution in [3.8, 4) is 0 Å². The minimum absolute atomic E-state index is 0.159. The molecule has 0 spiro atoms. The maximum Gasteiger partial charge on any atom is 0.407 e. The second-order valence-corrected chi connectivity index (χ2v) is 7.01. The molecule has 1 aromatic heterocycles. The summed E-state index contributed by atoms with van der Waals surface area (Å²) in [5.74, 6) is 0. The van der Waals surface area contributed by atoms with E-state index in [9.17, 15) is 4.79 Å². The Labute approximate surface area is 136 Å². The predicted molar refractivity (Wildman–Crippen MR) is 90.1 cm³/mol. The molecule has 3 rings (SSSR count). The lowest BCUT2D eigenvalue weighted by Gasteiger charge is -2.19. The summed E-state index contributed by atoms with van der Waals surface area (Å²) < 4.78 is 5.26. The average molecular weight is 313 g/mol. The Morgan fingerprint density at radius 3 is 2.91 bits per heavy atom. The lowest BCUT2D eigenvalue weighted by molar-refractivity contribution is 0.0522. The van der Waals surface area contributed by atoms with E-state index in [1.54, 1.807) is 6.20 Å². The third-order valence-corrected chi connectivity index (χ3v) is 3.73. The molecular weight excluding hydrogens is 290 g/mol. The van der Waals surface area contributed by atoms with Gasteiger partial charge in [0.2, 0.25) is 0 Å². The third kappa shape index (κ3) is 4.42. The number of amides is 1. The van der Waals surface area contributed by atoms with Gasteiger partial charge < -0.3 is 15.4 Å². The quantitative estimate of drug-likeness (QED) is 0.911. The summed E-state index contributed by atoms with van der Waals surface area (Å²) in [7, 11) is 0. The molecule has 1 aliphatic carbocycles. The highest BCUT2D eigenvalue weighted by molar-refractivity contribution is 5.78. The maximum absolute atomic E-state index is 11.7. The lowest BCUT2D eigenvalue weighted by Crippen LogP contribution is -2.36. The fourth-order valence-electron chi connectivity index (χ4n) is 2.52. The molecule has 2 aromatic rings. The Balaban J connectivity index is 1.47. The highest BCUT2D eigenvalue weighted by Crippen LogP contribution is 2.23. The SMILES string of the molecule is CC(C)(C)OC(=O)NC1CC1NCc1ccc2ncccc2c1. The summed E-state index contributed by atoms with van der Waals surface area (Å²) >= 11 is 0. The van der Waals surface area contributed by atoms with Crippen LogP contribution >= 0.6 is 0 Å². The summed E-state index contributed by atoms with van der Waals surface area (Å²) in [6.45, 7) is 6.37. The van der Waals surface area contributed by atoms with Gasteiger partial charge in [0.1, 0.15) is 5.60 Å². The Morgan fingerprint density at radius 2 is 2.13 bits per heavy atom. The molecule has 0 saturated heterocycles. The number of rotatable bonds is 4. The van der Waals surface area contributed by atoms with Gasteiger partial charge in [0.05, 0.1) is 5.52 Å². The fourth-order valence-corrected chi connectivity index (χ4v) is 2.52. The first-order valence-electron chi connectivity index (χ1n) is 7.97. The fraction of sp³-hybridized carbons (Fsp3) is 0.444. The number of carbonyl (C=O) groups excluding carboxylic acids is 1. The van der Waals surface area contributed by atoms with Crippen molar-refractivity contribution < 1.29 is 9.53 Å². The second kappa shape index (κ2) is 6.16. The predicted octanol–water partition coefficient (Wildman–Crippen LogP) is 2.99. The molecule has 1 saturated carbocycles. The number of hydrogen-bond acceptors (Lipinski definition) is 4. The van der Waals surface area contributed by atoms with Gasteiger partial charge in [0.15, 0.2) is 0 Å². The van der Waals surface area contributed by atoms with Gasteiger partial charge in [-0.15, -0.1) is 0 Å². The van der Waals surface area contributed by atoms with Gasteiger partial charge in [-0.25, -0.2) is 4.79 Å². The van der Waals surface area contributed by atoms with E-state index in [0.717, 1.165) is 23.9 Å². The molecule has 5 heteroatoms. The number of aromatic nitrogens is 1. The first kappa shape index (κ1) is 15.7. The zero-order chi connectivity index (χ0) is 16.4. The van der Waals surface area contributed by atoms with Gasteiger partial charge in [-0.2, -0.15) is 0 Å². The minimum Gasteiger partial charge on any atom is -0.444 e. The van der Waals surface area contributed by atoms with Crippen LogP contribution in [0, 0.1) is 0 Å². The van der Waals surface area contributed by atoms with E-state index in [2.05, 4.69) is 33.8 Å². The Bertz CT molecular complexity index is 709. The molecule has 1 aromatic carbocycles. The molecular formula is C18H23N3O2. The van der Waals surface area contributed by atoms with Crippen molar-refractivity contribution in [2.45, 2.75) is 51.4 Å². The lowest BCUT2D eigenvalue weighted by atomic mass is 10.1.